The van der Waals surface area contributed by atoms with E-state index in [1.807, 2.05) is 6.92 Å². The van der Waals surface area contributed by atoms with Crippen molar-refractivity contribution in [2.75, 3.05) is 13.1 Å². The van der Waals surface area contributed by atoms with Gasteiger partial charge in [-0.1, -0.05) is 17.7 Å². The Labute approximate surface area is 99.8 Å². The van der Waals surface area contributed by atoms with Gasteiger partial charge in [0.1, 0.15) is 17.1 Å². The monoisotopic (exact) mass is 233 g/mol. The summed E-state index contributed by atoms with van der Waals surface area (Å²) in [5, 5.41) is 19.3. The molecule has 0 saturated carbocycles. The Kier molecular flexibility index (Phi) is 3.04. The molecule has 0 aromatic heterocycles. The largest absolute Gasteiger partial charge is 0.507 e. The molecular weight excluding hydrogens is 218 g/mol. The lowest BCUT2D eigenvalue weighted by Gasteiger charge is -2.26. The average molecular weight is 233 g/mol. The molecule has 1 heterocycles. The predicted molar refractivity (Wildman–Crippen MR) is 64.0 cm³/mol. The molecule has 4 heteroatoms. The molecule has 2 rings (SSSR count). The minimum Gasteiger partial charge on any atom is -0.507 e. The minimum absolute atomic E-state index is 0.0119. The van der Waals surface area contributed by atoms with Crippen LogP contribution in [0, 0.1) is 0 Å². The van der Waals surface area contributed by atoms with Gasteiger partial charge in [-0.15, -0.1) is 0 Å². The van der Waals surface area contributed by atoms with Gasteiger partial charge >= 0.3 is 0 Å². The van der Waals surface area contributed by atoms with Crippen molar-refractivity contribution >= 4 is 5.91 Å². The first-order valence-corrected chi connectivity index (χ1v) is 5.55. The highest BCUT2D eigenvalue weighted by Gasteiger charge is 2.23. The van der Waals surface area contributed by atoms with E-state index in [-0.39, 0.29) is 23.0 Å². The van der Waals surface area contributed by atoms with E-state index < -0.39 is 0 Å². The second-order valence-corrected chi connectivity index (χ2v) is 4.24. The lowest BCUT2D eigenvalue weighted by molar-refractivity contribution is 0.0760. The highest BCUT2D eigenvalue weighted by molar-refractivity contribution is 5.99. The standard InChI is InChI=1S/C13H15NO3/c1-9-4-3-7-14(8-9)13(17)12-10(15)5-2-6-11(12)16/h2,4-6,15-16H,3,7-8H2,1H3. The summed E-state index contributed by atoms with van der Waals surface area (Å²) in [5.41, 5.74) is 1.11. The topological polar surface area (TPSA) is 60.8 Å². The van der Waals surface area contributed by atoms with Crippen LogP contribution in [0.4, 0.5) is 0 Å². The molecule has 0 aliphatic carbocycles. The molecule has 17 heavy (non-hydrogen) atoms. The van der Waals surface area contributed by atoms with Crippen LogP contribution in [0.2, 0.25) is 0 Å². The van der Waals surface area contributed by atoms with E-state index in [1.54, 1.807) is 4.90 Å². The predicted octanol–water partition coefficient (Wildman–Crippen LogP) is 1.89. The Morgan fingerprint density at radius 3 is 2.53 bits per heavy atom. The Balaban J connectivity index is 2.29. The van der Waals surface area contributed by atoms with Gasteiger partial charge in [0.2, 0.25) is 0 Å². The highest BCUT2D eigenvalue weighted by atomic mass is 16.3. The Morgan fingerprint density at radius 2 is 1.94 bits per heavy atom. The Morgan fingerprint density at radius 1 is 1.29 bits per heavy atom. The van der Waals surface area contributed by atoms with Crippen molar-refractivity contribution in [3.05, 3.63) is 35.4 Å². The molecule has 0 fully saturated rings. The molecule has 2 N–H and O–H groups in total. The van der Waals surface area contributed by atoms with Gasteiger partial charge in [-0.3, -0.25) is 4.79 Å². The molecule has 4 nitrogen and oxygen atoms in total. The average Bonchev–Trinajstić information content (AvgIpc) is 2.28. The van der Waals surface area contributed by atoms with Crippen LogP contribution in [0.15, 0.2) is 29.8 Å². The van der Waals surface area contributed by atoms with Crippen molar-refractivity contribution in [2.24, 2.45) is 0 Å². The van der Waals surface area contributed by atoms with E-state index in [0.717, 1.165) is 12.0 Å². The number of rotatable bonds is 1. The Bertz CT molecular complexity index is 459. The molecule has 1 amide bonds. The van der Waals surface area contributed by atoms with Crippen LogP contribution < -0.4 is 0 Å². The van der Waals surface area contributed by atoms with Crippen LogP contribution in [0.5, 0.6) is 11.5 Å². The number of phenols is 2. The van der Waals surface area contributed by atoms with Crippen molar-refractivity contribution in [1.82, 2.24) is 4.90 Å². The highest BCUT2D eigenvalue weighted by Crippen LogP contribution is 2.28. The maximum absolute atomic E-state index is 12.2. The fourth-order valence-corrected chi connectivity index (χ4v) is 1.99. The summed E-state index contributed by atoms with van der Waals surface area (Å²) >= 11 is 0. The maximum Gasteiger partial charge on any atom is 0.261 e. The summed E-state index contributed by atoms with van der Waals surface area (Å²) in [6.07, 6.45) is 2.90. The molecule has 90 valence electrons. The van der Waals surface area contributed by atoms with Gasteiger partial charge in [0.05, 0.1) is 0 Å². The van der Waals surface area contributed by atoms with Crippen LogP contribution in [0.25, 0.3) is 0 Å². The second-order valence-electron chi connectivity index (χ2n) is 4.24. The SMILES string of the molecule is CC1=CCCN(C(=O)c2c(O)cccc2O)C1. The number of carbonyl (C=O) groups is 1. The van der Waals surface area contributed by atoms with Gasteiger partial charge in [0.25, 0.3) is 5.91 Å². The quantitative estimate of drug-likeness (QED) is 0.728. The molecule has 0 radical (unpaired) electrons. The van der Waals surface area contributed by atoms with E-state index in [1.165, 1.54) is 18.2 Å². The van der Waals surface area contributed by atoms with E-state index in [4.69, 9.17) is 0 Å². The minimum atomic E-state index is -0.326. The van der Waals surface area contributed by atoms with Crippen LogP contribution in [0.1, 0.15) is 23.7 Å². The fourth-order valence-electron chi connectivity index (χ4n) is 1.99. The zero-order valence-electron chi connectivity index (χ0n) is 9.68. The van der Waals surface area contributed by atoms with Crippen LogP contribution >= 0.6 is 0 Å². The van der Waals surface area contributed by atoms with Gasteiger partial charge in [-0.2, -0.15) is 0 Å². The molecule has 1 aromatic rings. The van der Waals surface area contributed by atoms with Crippen LogP contribution in [-0.2, 0) is 0 Å². The molecule has 1 aliphatic rings. The fraction of sp³-hybridized carbons (Fsp3) is 0.308. The van der Waals surface area contributed by atoms with Gasteiger partial charge in [0.15, 0.2) is 0 Å². The van der Waals surface area contributed by atoms with E-state index >= 15 is 0 Å². The van der Waals surface area contributed by atoms with Crippen molar-refractivity contribution in [2.45, 2.75) is 13.3 Å². The molecule has 1 aliphatic heterocycles. The lowest BCUT2D eigenvalue weighted by Crippen LogP contribution is -2.35. The smallest absolute Gasteiger partial charge is 0.261 e. The number of carbonyl (C=O) groups excluding carboxylic acids is 1. The Hall–Kier alpha value is -1.97. The number of amides is 1. The van der Waals surface area contributed by atoms with E-state index in [0.29, 0.717) is 13.1 Å². The van der Waals surface area contributed by atoms with E-state index in [9.17, 15) is 15.0 Å². The van der Waals surface area contributed by atoms with Gasteiger partial charge < -0.3 is 15.1 Å². The molecule has 1 aromatic carbocycles. The lowest BCUT2D eigenvalue weighted by atomic mass is 10.1. The molecular formula is C13H15NO3. The van der Waals surface area contributed by atoms with Crippen molar-refractivity contribution < 1.29 is 15.0 Å². The third-order valence-corrected chi connectivity index (χ3v) is 2.85. The number of hydrogen-bond acceptors (Lipinski definition) is 3. The third-order valence-electron chi connectivity index (χ3n) is 2.85. The summed E-state index contributed by atoms with van der Waals surface area (Å²) in [5.74, 6) is -0.683. The maximum atomic E-state index is 12.2. The first-order chi connectivity index (χ1) is 8.09. The summed E-state index contributed by atoms with van der Waals surface area (Å²) in [7, 11) is 0. The van der Waals surface area contributed by atoms with Crippen molar-refractivity contribution in [3.63, 3.8) is 0 Å². The summed E-state index contributed by atoms with van der Waals surface area (Å²) in [6, 6.07) is 4.31. The van der Waals surface area contributed by atoms with Crippen LogP contribution in [0.3, 0.4) is 0 Å². The number of hydrogen-bond donors (Lipinski definition) is 2. The number of phenolic OH excluding ortho intramolecular Hbond substituents is 2. The van der Waals surface area contributed by atoms with E-state index in [2.05, 4.69) is 6.08 Å². The number of aromatic hydroxyl groups is 2. The summed E-state index contributed by atoms with van der Waals surface area (Å²) in [4.78, 5) is 13.8. The molecule has 0 spiro atoms. The zero-order chi connectivity index (χ0) is 12.4. The van der Waals surface area contributed by atoms with Gasteiger partial charge in [-0.25, -0.2) is 0 Å². The molecule has 0 atom stereocenters. The normalized spacial score (nSPS) is 15.6. The molecule has 0 saturated heterocycles. The van der Waals surface area contributed by atoms with Crippen LogP contribution in [-0.4, -0.2) is 34.1 Å². The first-order valence-electron chi connectivity index (χ1n) is 5.55. The molecule has 0 bridgehead atoms. The number of benzene rings is 1. The third kappa shape index (κ3) is 2.25. The summed E-state index contributed by atoms with van der Waals surface area (Å²) < 4.78 is 0. The van der Waals surface area contributed by atoms with Crippen molar-refractivity contribution in [3.8, 4) is 11.5 Å². The van der Waals surface area contributed by atoms with Gasteiger partial charge in [-0.05, 0) is 25.5 Å². The zero-order valence-corrected chi connectivity index (χ0v) is 9.68. The number of nitrogens with zero attached hydrogens (tertiary/aromatic N) is 1. The summed E-state index contributed by atoms with van der Waals surface area (Å²) in [6.45, 7) is 3.13. The first kappa shape index (κ1) is 11.5. The molecule has 0 unspecified atom stereocenters. The van der Waals surface area contributed by atoms with Gasteiger partial charge in [0, 0.05) is 13.1 Å². The van der Waals surface area contributed by atoms with Crippen molar-refractivity contribution in [1.29, 1.82) is 0 Å². The second kappa shape index (κ2) is 4.49.